The van der Waals surface area contributed by atoms with E-state index < -0.39 is 0 Å². The number of hydrogen-bond donors (Lipinski definition) is 1. The predicted molar refractivity (Wildman–Crippen MR) is 85.5 cm³/mol. The summed E-state index contributed by atoms with van der Waals surface area (Å²) >= 11 is 1.54. The Hall–Kier alpha value is -1.36. The van der Waals surface area contributed by atoms with Gasteiger partial charge in [-0.2, -0.15) is 11.3 Å². The van der Waals surface area contributed by atoms with E-state index in [0.717, 1.165) is 37.8 Å². The van der Waals surface area contributed by atoms with Crippen molar-refractivity contribution in [1.29, 1.82) is 0 Å². The van der Waals surface area contributed by atoms with Gasteiger partial charge in [0.1, 0.15) is 0 Å². The van der Waals surface area contributed by atoms with Crippen LogP contribution in [-0.2, 0) is 4.79 Å². The molecule has 0 atom stereocenters. The summed E-state index contributed by atoms with van der Waals surface area (Å²) in [4.78, 5) is 26.1. The van der Waals surface area contributed by atoms with Crippen LogP contribution >= 0.6 is 11.3 Å². The summed E-state index contributed by atoms with van der Waals surface area (Å²) in [5.41, 5.74) is 0.766. The van der Waals surface area contributed by atoms with Crippen molar-refractivity contribution in [3.8, 4) is 0 Å². The minimum absolute atomic E-state index is 0.0677. The van der Waals surface area contributed by atoms with Gasteiger partial charge >= 0.3 is 0 Å². The van der Waals surface area contributed by atoms with Crippen LogP contribution in [0.4, 0.5) is 0 Å². The number of piperidine rings is 1. The van der Waals surface area contributed by atoms with Crippen molar-refractivity contribution in [1.82, 2.24) is 10.2 Å². The second kappa shape index (κ2) is 8.17. The number of unbranched alkanes of at least 4 members (excludes halogenated alkanes) is 2. The maximum absolute atomic E-state index is 12.2. The van der Waals surface area contributed by atoms with Gasteiger partial charge in [-0.1, -0.05) is 19.8 Å². The number of carbonyl (C=O) groups is 2. The average molecular weight is 308 g/mol. The molecule has 0 aromatic carbocycles. The Balaban J connectivity index is 1.72. The number of carbonyl (C=O) groups excluding carboxylic acids is 2. The number of likely N-dealkylation sites (tertiary alicyclic amines) is 1. The highest BCUT2D eigenvalue weighted by Gasteiger charge is 2.27. The molecule has 0 bridgehead atoms. The van der Waals surface area contributed by atoms with Crippen LogP contribution in [0.1, 0.15) is 49.4 Å². The van der Waals surface area contributed by atoms with Crippen molar-refractivity contribution in [2.24, 2.45) is 5.92 Å². The summed E-state index contributed by atoms with van der Waals surface area (Å²) in [5.74, 6) is 0.324. The van der Waals surface area contributed by atoms with Crippen molar-refractivity contribution >= 4 is 23.2 Å². The molecule has 1 N–H and O–H groups in total. The molecule has 4 nitrogen and oxygen atoms in total. The minimum atomic E-state index is 0.0677. The summed E-state index contributed by atoms with van der Waals surface area (Å²) in [6.07, 6.45) is 4.93. The van der Waals surface area contributed by atoms with Crippen LogP contribution in [0.2, 0.25) is 0 Å². The SMILES string of the molecule is CCCCCNC(=O)C1CCN(C(=O)c2ccsc2)CC1. The van der Waals surface area contributed by atoms with Gasteiger partial charge in [-0.05, 0) is 30.7 Å². The Kier molecular flexibility index (Phi) is 6.23. The zero-order chi connectivity index (χ0) is 15.1. The first-order chi connectivity index (χ1) is 10.2. The van der Waals surface area contributed by atoms with E-state index in [-0.39, 0.29) is 17.7 Å². The fourth-order valence-electron chi connectivity index (χ4n) is 2.64. The molecule has 1 aromatic rings. The van der Waals surface area contributed by atoms with Gasteiger partial charge in [0, 0.05) is 30.9 Å². The van der Waals surface area contributed by atoms with Crippen LogP contribution in [0.3, 0.4) is 0 Å². The highest BCUT2D eigenvalue weighted by atomic mass is 32.1. The van der Waals surface area contributed by atoms with Crippen molar-refractivity contribution in [2.45, 2.75) is 39.0 Å². The molecule has 1 aromatic heterocycles. The maximum atomic E-state index is 12.2. The van der Waals surface area contributed by atoms with Crippen LogP contribution < -0.4 is 5.32 Å². The Labute approximate surface area is 130 Å². The molecule has 0 saturated carbocycles. The first kappa shape index (κ1) is 16.0. The highest BCUT2D eigenvalue weighted by molar-refractivity contribution is 7.08. The summed E-state index contributed by atoms with van der Waals surface area (Å²) in [7, 11) is 0. The third kappa shape index (κ3) is 4.56. The molecule has 0 spiro atoms. The lowest BCUT2D eigenvalue weighted by molar-refractivity contribution is -0.126. The van der Waals surface area contributed by atoms with Gasteiger partial charge in [0.25, 0.3) is 5.91 Å². The Morgan fingerprint density at radius 2 is 2.10 bits per heavy atom. The van der Waals surface area contributed by atoms with Gasteiger partial charge in [-0.25, -0.2) is 0 Å². The number of nitrogens with one attached hydrogen (secondary N) is 1. The number of nitrogens with zero attached hydrogens (tertiary/aromatic N) is 1. The molecular formula is C16H24N2O2S. The summed E-state index contributed by atoms with van der Waals surface area (Å²) < 4.78 is 0. The highest BCUT2D eigenvalue weighted by Crippen LogP contribution is 2.20. The molecule has 0 radical (unpaired) electrons. The molecule has 2 rings (SSSR count). The molecule has 5 heteroatoms. The van der Waals surface area contributed by atoms with Gasteiger partial charge in [-0.15, -0.1) is 0 Å². The molecule has 1 fully saturated rings. The van der Waals surface area contributed by atoms with Crippen molar-refractivity contribution in [2.75, 3.05) is 19.6 Å². The van der Waals surface area contributed by atoms with Gasteiger partial charge in [-0.3, -0.25) is 9.59 Å². The van der Waals surface area contributed by atoms with Gasteiger partial charge in [0.2, 0.25) is 5.91 Å². The summed E-state index contributed by atoms with van der Waals surface area (Å²) in [6.45, 7) is 4.30. The lowest BCUT2D eigenvalue weighted by Gasteiger charge is -2.31. The molecule has 0 aliphatic carbocycles. The third-order valence-electron chi connectivity index (χ3n) is 4.00. The van der Waals surface area contributed by atoms with Crippen LogP contribution in [-0.4, -0.2) is 36.3 Å². The monoisotopic (exact) mass is 308 g/mol. The number of thiophene rings is 1. The van der Waals surface area contributed by atoms with E-state index in [4.69, 9.17) is 0 Å². The van der Waals surface area contributed by atoms with E-state index in [1.165, 1.54) is 17.8 Å². The smallest absolute Gasteiger partial charge is 0.254 e. The van der Waals surface area contributed by atoms with E-state index in [1.54, 1.807) is 0 Å². The molecule has 2 amide bonds. The molecule has 116 valence electrons. The Morgan fingerprint density at radius 3 is 2.71 bits per heavy atom. The fourth-order valence-corrected chi connectivity index (χ4v) is 3.27. The first-order valence-corrected chi connectivity index (χ1v) is 8.76. The molecule has 1 aliphatic heterocycles. The summed E-state index contributed by atoms with van der Waals surface area (Å²) in [5, 5.41) is 6.82. The fraction of sp³-hybridized carbons (Fsp3) is 0.625. The van der Waals surface area contributed by atoms with Gasteiger partial charge in [0.15, 0.2) is 0 Å². The van der Waals surface area contributed by atoms with Gasteiger partial charge < -0.3 is 10.2 Å². The normalized spacial score (nSPS) is 16.0. The lowest BCUT2D eigenvalue weighted by Crippen LogP contribution is -2.43. The van der Waals surface area contributed by atoms with E-state index in [0.29, 0.717) is 13.1 Å². The first-order valence-electron chi connectivity index (χ1n) is 7.81. The molecule has 21 heavy (non-hydrogen) atoms. The lowest BCUT2D eigenvalue weighted by atomic mass is 9.95. The van der Waals surface area contributed by atoms with Crippen LogP contribution in [0.5, 0.6) is 0 Å². The Morgan fingerprint density at radius 1 is 1.33 bits per heavy atom. The molecule has 2 heterocycles. The minimum Gasteiger partial charge on any atom is -0.356 e. The quantitative estimate of drug-likeness (QED) is 0.822. The summed E-state index contributed by atoms with van der Waals surface area (Å²) in [6, 6.07) is 1.86. The van der Waals surface area contributed by atoms with Crippen molar-refractivity contribution in [3.63, 3.8) is 0 Å². The zero-order valence-corrected chi connectivity index (χ0v) is 13.5. The second-order valence-electron chi connectivity index (χ2n) is 5.58. The van der Waals surface area contributed by atoms with Gasteiger partial charge in [0.05, 0.1) is 5.56 Å². The molecular weight excluding hydrogens is 284 g/mol. The van der Waals surface area contributed by atoms with Crippen molar-refractivity contribution < 1.29 is 9.59 Å². The molecule has 1 saturated heterocycles. The maximum Gasteiger partial charge on any atom is 0.254 e. The number of hydrogen-bond acceptors (Lipinski definition) is 3. The van der Waals surface area contributed by atoms with Crippen LogP contribution in [0, 0.1) is 5.92 Å². The average Bonchev–Trinajstić information content (AvgIpc) is 3.05. The largest absolute Gasteiger partial charge is 0.356 e. The van der Waals surface area contributed by atoms with E-state index in [1.807, 2.05) is 21.7 Å². The standard InChI is InChI=1S/C16H24N2O2S/c1-2-3-4-8-17-15(19)13-5-9-18(10-6-13)16(20)14-7-11-21-12-14/h7,11-13H,2-6,8-10H2,1H3,(H,17,19). The zero-order valence-electron chi connectivity index (χ0n) is 12.6. The third-order valence-corrected chi connectivity index (χ3v) is 4.68. The topological polar surface area (TPSA) is 49.4 Å². The Bertz CT molecular complexity index is 451. The van der Waals surface area contributed by atoms with E-state index in [9.17, 15) is 9.59 Å². The number of rotatable bonds is 6. The number of amides is 2. The second-order valence-corrected chi connectivity index (χ2v) is 6.36. The van der Waals surface area contributed by atoms with Crippen LogP contribution in [0.25, 0.3) is 0 Å². The van der Waals surface area contributed by atoms with Crippen LogP contribution in [0.15, 0.2) is 16.8 Å². The van der Waals surface area contributed by atoms with E-state index >= 15 is 0 Å². The molecule has 0 unspecified atom stereocenters. The van der Waals surface area contributed by atoms with Crippen molar-refractivity contribution in [3.05, 3.63) is 22.4 Å². The predicted octanol–water partition coefficient (Wildman–Crippen LogP) is 2.91. The molecule has 1 aliphatic rings. The van der Waals surface area contributed by atoms with E-state index in [2.05, 4.69) is 12.2 Å².